The summed E-state index contributed by atoms with van der Waals surface area (Å²) in [6.07, 6.45) is 0. The summed E-state index contributed by atoms with van der Waals surface area (Å²) in [6, 6.07) is 8.25. The molecule has 0 atom stereocenters. The normalized spacial score (nSPS) is 9.82. The summed E-state index contributed by atoms with van der Waals surface area (Å²) in [5.41, 5.74) is 1.29. The van der Waals surface area contributed by atoms with E-state index in [2.05, 4.69) is 36.4 Å². The molecule has 0 radical (unpaired) electrons. The topological polar surface area (TPSA) is 99.1 Å². The molecule has 124 valence electrons. The monoisotopic (exact) mass is 312 g/mol. The molecule has 3 N–H and O–H groups in total. The van der Waals surface area contributed by atoms with E-state index in [1.54, 1.807) is 0 Å². The molecular weight excluding hydrogens is 288 g/mol. The number of ether oxygens (including phenoxy) is 1. The molecule has 0 aliphatic carbocycles. The van der Waals surface area contributed by atoms with Crippen molar-refractivity contribution in [2.45, 2.75) is 13.5 Å². The second-order valence-electron chi connectivity index (χ2n) is 4.67. The first kappa shape index (κ1) is 19.9. The molecular formula is C15H24N2O5. The van der Waals surface area contributed by atoms with E-state index in [-0.39, 0.29) is 0 Å². The molecule has 0 saturated carbocycles. The van der Waals surface area contributed by atoms with Gasteiger partial charge in [0.25, 0.3) is 0 Å². The Balaban J connectivity index is 0.000000626. The molecule has 22 heavy (non-hydrogen) atoms. The van der Waals surface area contributed by atoms with Crippen LogP contribution in [-0.2, 0) is 16.1 Å². The van der Waals surface area contributed by atoms with Crippen molar-refractivity contribution in [3.8, 4) is 5.75 Å². The number of nitrogens with zero attached hydrogens (tertiary/aromatic N) is 1. The lowest BCUT2D eigenvalue weighted by Gasteiger charge is -2.10. The molecule has 0 amide bonds. The van der Waals surface area contributed by atoms with Gasteiger partial charge in [0.15, 0.2) is 0 Å². The van der Waals surface area contributed by atoms with E-state index in [9.17, 15) is 0 Å². The van der Waals surface area contributed by atoms with Gasteiger partial charge in [-0.2, -0.15) is 0 Å². The van der Waals surface area contributed by atoms with Crippen molar-refractivity contribution in [1.29, 1.82) is 0 Å². The molecule has 0 aliphatic heterocycles. The van der Waals surface area contributed by atoms with Crippen molar-refractivity contribution in [2.24, 2.45) is 0 Å². The second kappa shape index (κ2) is 11.5. The molecule has 0 saturated heterocycles. The number of aliphatic carboxylic acids is 2. The van der Waals surface area contributed by atoms with Crippen molar-refractivity contribution in [2.75, 3.05) is 33.8 Å². The number of carbonyl (C=O) groups is 2. The van der Waals surface area contributed by atoms with Crippen LogP contribution in [0, 0.1) is 0 Å². The summed E-state index contributed by atoms with van der Waals surface area (Å²) in [5, 5.41) is 18.2. The van der Waals surface area contributed by atoms with Gasteiger partial charge in [0.05, 0.1) is 6.61 Å². The molecule has 0 fully saturated rings. The number of hydrogen-bond donors (Lipinski definition) is 3. The zero-order chi connectivity index (χ0) is 17.0. The number of carboxylic acid groups (broad SMARTS) is 2. The van der Waals surface area contributed by atoms with Gasteiger partial charge in [0.1, 0.15) is 5.75 Å². The molecule has 1 rings (SSSR count). The summed E-state index contributed by atoms with van der Waals surface area (Å²) in [6.45, 7) is 5.72. The first-order chi connectivity index (χ1) is 10.4. The third-order valence-corrected chi connectivity index (χ3v) is 2.48. The van der Waals surface area contributed by atoms with Crippen molar-refractivity contribution in [1.82, 2.24) is 10.2 Å². The lowest BCUT2D eigenvalue weighted by Crippen LogP contribution is -2.26. The van der Waals surface area contributed by atoms with Gasteiger partial charge in [-0.1, -0.05) is 12.1 Å². The van der Waals surface area contributed by atoms with E-state index in [4.69, 9.17) is 24.5 Å². The van der Waals surface area contributed by atoms with Gasteiger partial charge in [-0.15, -0.1) is 0 Å². The minimum absolute atomic E-state index is 0.723. The van der Waals surface area contributed by atoms with Crippen LogP contribution in [0.2, 0.25) is 0 Å². The summed E-state index contributed by atoms with van der Waals surface area (Å²) in [5.74, 6) is -2.70. The highest BCUT2D eigenvalue weighted by Crippen LogP contribution is 2.11. The first-order valence-corrected chi connectivity index (χ1v) is 6.90. The maximum atomic E-state index is 9.10. The van der Waals surface area contributed by atoms with Crippen LogP contribution in [0.15, 0.2) is 24.3 Å². The van der Waals surface area contributed by atoms with E-state index in [0.29, 0.717) is 0 Å². The lowest BCUT2D eigenvalue weighted by atomic mass is 10.2. The molecule has 0 aliphatic rings. The molecule has 1 aromatic rings. The minimum Gasteiger partial charge on any atom is -0.494 e. The third kappa shape index (κ3) is 10.6. The summed E-state index contributed by atoms with van der Waals surface area (Å²) < 4.78 is 5.39. The Kier molecular flexibility index (Phi) is 10.4. The van der Waals surface area contributed by atoms with Crippen molar-refractivity contribution >= 4 is 11.9 Å². The molecule has 0 bridgehead atoms. The van der Waals surface area contributed by atoms with Gasteiger partial charge >= 0.3 is 11.9 Å². The van der Waals surface area contributed by atoms with Crippen LogP contribution in [0.5, 0.6) is 5.75 Å². The average Bonchev–Trinajstić information content (AvgIpc) is 2.46. The fourth-order valence-electron chi connectivity index (χ4n) is 1.41. The predicted octanol–water partition coefficient (Wildman–Crippen LogP) is 0.892. The van der Waals surface area contributed by atoms with Crippen LogP contribution >= 0.6 is 0 Å². The van der Waals surface area contributed by atoms with Crippen LogP contribution in [0.1, 0.15) is 12.5 Å². The quantitative estimate of drug-likeness (QED) is 0.508. The molecule has 1 aromatic carbocycles. The highest BCUT2D eigenvalue weighted by molar-refractivity contribution is 6.27. The Hall–Kier alpha value is -2.12. The Morgan fingerprint density at radius 1 is 1.14 bits per heavy atom. The maximum Gasteiger partial charge on any atom is 0.414 e. The SMILES string of the molecule is CCOc1ccc(CNCCN(C)C)cc1.O=C(O)C(=O)O. The number of rotatable bonds is 7. The van der Waals surface area contributed by atoms with Crippen LogP contribution in [0.25, 0.3) is 0 Å². The highest BCUT2D eigenvalue weighted by atomic mass is 16.5. The van der Waals surface area contributed by atoms with Gasteiger partial charge in [0.2, 0.25) is 0 Å². The molecule has 7 nitrogen and oxygen atoms in total. The van der Waals surface area contributed by atoms with Crippen LogP contribution < -0.4 is 10.1 Å². The highest BCUT2D eigenvalue weighted by Gasteiger charge is 2.04. The van der Waals surface area contributed by atoms with Crippen molar-refractivity contribution in [3.63, 3.8) is 0 Å². The number of hydrogen-bond acceptors (Lipinski definition) is 5. The summed E-state index contributed by atoms with van der Waals surface area (Å²) in [4.78, 5) is 20.4. The van der Waals surface area contributed by atoms with Gasteiger partial charge in [-0.05, 0) is 38.7 Å². The Morgan fingerprint density at radius 2 is 1.68 bits per heavy atom. The Labute approximate surface area is 130 Å². The van der Waals surface area contributed by atoms with Crippen LogP contribution in [0.4, 0.5) is 0 Å². The zero-order valence-corrected chi connectivity index (χ0v) is 13.2. The van der Waals surface area contributed by atoms with E-state index >= 15 is 0 Å². The molecule has 7 heteroatoms. The molecule has 0 heterocycles. The van der Waals surface area contributed by atoms with Gasteiger partial charge in [0, 0.05) is 19.6 Å². The van der Waals surface area contributed by atoms with E-state index in [1.807, 2.05) is 19.1 Å². The second-order valence-corrected chi connectivity index (χ2v) is 4.67. The van der Waals surface area contributed by atoms with Crippen LogP contribution in [0.3, 0.4) is 0 Å². The van der Waals surface area contributed by atoms with Crippen molar-refractivity contribution in [3.05, 3.63) is 29.8 Å². The van der Waals surface area contributed by atoms with Gasteiger partial charge < -0.3 is 25.2 Å². The smallest absolute Gasteiger partial charge is 0.414 e. The number of nitrogens with one attached hydrogen (secondary N) is 1. The maximum absolute atomic E-state index is 9.10. The molecule has 0 unspecified atom stereocenters. The zero-order valence-electron chi connectivity index (χ0n) is 13.2. The van der Waals surface area contributed by atoms with Crippen molar-refractivity contribution < 1.29 is 24.5 Å². The number of benzene rings is 1. The predicted molar refractivity (Wildman–Crippen MR) is 83.1 cm³/mol. The molecule has 0 spiro atoms. The van der Waals surface area contributed by atoms with Crippen LogP contribution in [-0.4, -0.2) is 60.8 Å². The van der Waals surface area contributed by atoms with Gasteiger partial charge in [-0.25, -0.2) is 9.59 Å². The Morgan fingerprint density at radius 3 is 2.09 bits per heavy atom. The fraction of sp³-hybridized carbons (Fsp3) is 0.467. The average molecular weight is 312 g/mol. The molecule has 0 aromatic heterocycles. The van der Waals surface area contributed by atoms with E-state index in [0.717, 1.165) is 32.0 Å². The standard InChI is InChI=1S/C13H22N2O.C2H2O4/c1-4-16-13-7-5-12(6-8-13)11-14-9-10-15(2)3;3-1(4)2(5)6/h5-8,14H,4,9-11H2,1-3H3;(H,3,4)(H,5,6). The van der Waals surface area contributed by atoms with E-state index < -0.39 is 11.9 Å². The van der Waals surface area contributed by atoms with Gasteiger partial charge in [-0.3, -0.25) is 0 Å². The summed E-state index contributed by atoms with van der Waals surface area (Å²) >= 11 is 0. The van der Waals surface area contributed by atoms with E-state index in [1.165, 1.54) is 5.56 Å². The Bertz CT molecular complexity index is 434. The summed E-state index contributed by atoms with van der Waals surface area (Å²) in [7, 11) is 4.16. The first-order valence-electron chi connectivity index (χ1n) is 6.90. The lowest BCUT2D eigenvalue weighted by molar-refractivity contribution is -0.159. The largest absolute Gasteiger partial charge is 0.494 e. The third-order valence-electron chi connectivity index (χ3n) is 2.48. The number of likely N-dealkylation sites (N-methyl/N-ethyl adjacent to an activating group) is 1. The number of carboxylic acids is 2. The fourth-order valence-corrected chi connectivity index (χ4v) is 1.41. The minimum atomic E-state index is -1.82.